The number of ketones is 1. The Morgan fingerprint density at radius 1 is 0.971 bits per heavy atom. The number of hydrogen-bond acceptors (Lipinski definition) is 5. The van der Waals surface area contributed by atoms with Crippen LogP contribution in [0.5, 0.6) is 5.75 Å². The number of ether oxygens (including phenoxy) is 1. The fourth-order valence-corrected chi connectivity index (χ4v) is 4.43. The number of carbonyl (C=O) groups excluding carboxylic acids is 2. The molecule has 1 atom stereocenters. The number of fused-ring (bicyclic) bond motifs is 1. The molecule has 6 nitrogen and oxygen atoms in total. The standard InChI is InChI=1S/C28H22N2O4/c1-34-21-13-11-18(12-14-21)17-30-25(20-8-5-15-29-16-20)24(27(32)28(30)33)26(31)23-10-4-7-19-6-2-3-9-22(19)23/h2-16,25,31H,17H2,1H3/b26-24-. The van der Waals surface area contributed by atoms with Gasteiger partial charge in [-0.2, -0.15) is 0 Å². The molecule has 0 saturated carbocycles. The zero-order chi connectivity index (χ0) is 23.7. The summed E-state index contributed by atoms with van der Waals surface area (Å²) in [4.78, 5) is 32.2. The van der Waals surface area contributed by atoms with Crippen LogP contribution >= 0.6 is 0 Å². The normalized spacial score (nSPS) is 17.3. The maximum absolute atomic E-state index is 13.3. The molecule has 1 unspecified atom stereocenters. The van der Waals surface area contributed by atoms with E-state index in [1.165, 1.54) is 4.90 Å². The zero-order valence-corrected chi connectivity index (χ0v) is 18.5. The number of Topliss-reactive ketones (excluding diaryl/α,β-unsaturated/α-hetero) is 1. The lowest BCUT2D eigenvalue weighted by Gasteiger charge is -2.25. The van der Waals surface area contributed by atoms with E-state index in [2.05, 4.69) is 4.98 Å². The minimum absolute atomic E-state index is 0.0582. The molecular weight excluding hydrogens is 428 g/mol. The van der Waals surface area contributed by atoms with Gasteiger partial charge in [0.2, 0.25) is 0 Å². The molecule has 6 heteroatoms. The summed E-state index contributed by atoms with van der Waals surface area (Å²) in [6, 6.07) is 23.2. The Kier molecular flexibility index (Phi) is 5.55. The van der Waals surface area contributed by atoms with Crippen LogP contribution in [0.1, 0.15) is 22.7 Å². The summed E-state index contributed by atoms with van der Waals surface area (Å²) in [5.74, 6) is -0.869. The van der Waals surface area contributed by atoms with Crippen LogP contribution in [0.15, 0.2) is 96.8 Å². The minimum Gasteiger partial charge on any atom is -0.507 e. The molecular formula is C28H22N2O4. The number of aromatic nitrogens is 1. The van der Waals surface area contributed by atoms with Crippen molar-refractivity contribution in [2.24, 2.45) is 0 Å². The fraction of sp³-hybridized carbons (Fsp3) is 0.107. The van der Waals surface area contributed by atoms with Crippen molar-refractivity contribution >= 4 is 28.2 Å². The van der Waals surface area contributed by atoms with Crippen molar-refractivity contribution in [3.63, 3.8) is 0 Å². The molecule has 1 N–H and O–H groups in total. The first-order chi connectivity index (χ1) is 16.6. The van der Waals surface area contributed by atoms with Crippen molar-refractivity contribution < 1.29 is 19.4 Å². The molecule has 0 bridgehead atoms. The number of pyridine rings is 1. The summed E-state index contributed by atoms with van der Waals surface area (Å²) < 4.78 is 5.22. The van der Waals surface area contributed by atoms with Gasteiger partial charge in [0, 0.05) is 24.5 Å². The Morgan fingerprint density at radius 3 is 2.47 bits per heavy atom. The molecule has 0 radical (unpaired) electrons. The lowest BCUT2D eigenvalue weighted by Crippen LogP contribution is -2.29. The maximum atomic E-state index is 13.3. The molecule has 34 heavy (non-hydrogen) atoms. The zero-order valence-electron chi connectivity index (χ0n) is 18.5. The first-order valence-corrected chi connectivity index (χ1v) is 10.9. The van der Waals surface area contributed by atoms with Crippen LogP contribution in [0.2, 0.25) is 0 Å². The molecule has 4 aromatic rings. The van der Waals surface area contributed by atoms with Crippen molar-refractivity contribution in [2.75, 3.05) is 7.11 Å². The average Bonchev–Trinajstić information content (AvgIpc) is 3.14. The van der Waals surface area contributed by atoms with E-state index in [0.717, 1.165) is 16.3 Å². The van der Waals surface area contributed by atoms with E-state index in [1.807, 2.05) is 48.5 Å². The van der Waals surface area contributed by atoms with Gasteiger partial charge < -0.3 is 14.7 Å². The Labute approximate surface area is 196 Å². The van der Waals surface area contributed by atoms with Crippen molar-refractivity contribution in [3.8, 4) is 5.75 Å². The number of aliphatic hydroxyl groups is 1. The van der Waals surface area contributed by atoms with Crippen molar-refractivity contribution in [1.82, 2.24) is 9.88 Å². The molecule has 1 fully saturated rings. The largest absolute Gasteiger partial charge is 0.507 e. The fourth-order valence-electron chi connectivity index (χ4n) is 4.43. The van der Waals surface area contributed by atoms with E-state index in [0.29, 0.717) is 16.9 Å². The average molecular weight is 450 g/mol. The summed E-state index contributed by atoms with van der Waals surface area (Å²) >= 11 is 0. The highest BCUT2D eigenvalue weighted by Crippen LogP contribution is 2.41. The van der Waals surface area contributed by atoms with Crippen LogP contribution < -0.4 is 4.74 Å². The van der Waals surface area contributed by atoms with Crippen LogP contribution in [0.4, 0.5) is 0 Å². The summed E-state index contributed by atoms with van der Waals surface area (Å²) in [5.41, 5.74) is 2.05. The molecule has 0 aliphatic carbocycles. The SMILES string of the molecule is COc1ccc(CN2C(=O)C(=O)/C(=C(\O)c3cccc4ccccc34)C2c2cccnc2)cc1. The van der Waals surface area contributed by atoms with Crippen LogP contribution in [0, 0.1) is 0 Å². The summed E-state index contributed by atoms with van der Waals surface area (Å²) in [6.45, 7) is 0.195. The molecule has 168 valence electrons. The monoisotopic (exact) mass is 450 g/mol. The predicted molar refractivity (Wildman–Crippen MR) is 129 cm³/mol. The van der Waals surface area contributed by atoms with Gasteiger partial charge in [0.05, 0.1) is 18.7 Å². The van der Waals surface area contributed by atoms with Crippen molar-refractivity contribution in [2.45, 2.75) is 12.6 Å². The second kappa shape index (κ2) is 8.83. The Bertz CT molecular complexity index is 1410. The van der Waals surface area contributed by atoms with E-state index in [-0.39, 0.29) is 17.9 Å². The van der Waals surface area contributed by atoms with Gasteiger partial charge in [0.25, 0.3) is 11.7 Å². The maximum Gasteiger partial charge on any atom is 0.295 e. The molecule has 2 heterocycles. The second-order valence-electron chi connectivity index (χ2n) is 8.09. The lowest BCUT2D eigenvalue weighted by atomic mass is 9.94. The van der Waals surface area contributed by atoms with Crippen LogP contribution in [0.25, 0.3) is 16.5 Å². The van der Waals surface area contributed by atoms with Gasteiger partial charge in [-0.05, 0) is 40.1 Å². The highest BCUT2D eigenvalue weighted by molar-refractivity contribution is 6.46. The van der Waals surface area contributed by atoms with Gasteiger partial charge in [-0.15, -0.1) is 0 Å². The van der Waals surface area contributed by atoms with E-state index in [9.17, 15) is 14.7 Å². The van der Waals surface area contributed by atoms with Gasteiger partial charge in [-0.1, -0.05) is 60.7 Å². The highest BCUT2D eigenvalue weighted by atomic mass is 16.5. The van der Waals surface area contributed by atoms with Crippen molar-refractivity contribution in [3.05, 3.63) is 114 Å². The topological polar surface area (TPSA) is 79.7 Å². The molecule has 1 aliphatic rings. The lowest BCUT2D eigenvalue weighted by molar-refractivity contribution is -0.140. The molecule has 3 aromatic carbocycles. The number of amides is 1. The minimum atomic E-state index is -0.769. The van der Waals surface area contributed by atoms with Crippen molar-refractivity contribution in [1.29, 1.82) is 0 Å². The summed E-state index contributed by atoms with van der Waals surface area (Å²) in [5, 5.41) is 13.2. The van der Waals surface area contributed by atoms with Gasteiger partial charge in [0.1, 0.15) is 11.5 Å². The Balaban J connectivity index is 1.66. The quantitative estimate of drug-likeness (QED) is 0.267. The smallest absolute Gasteiger partial charge is 0.295 e. The Hall–Kier alpha value is -4.45. The summed E-state index contributed by atoms with van der Waals surface area (Å²) in [7, 11) is 1.59. The molecule has 5 rings (SSSR count). The number of aliphatic hydroxyl groups excluding tert-OH is 1. The Morgan fingerprint density at radius 2 is 1.74 bits per heavy atom. The van der Waals surface area contributed by atoms with Crippen LogP contribution in [-0.2, 0) is 16.1 Å². The van der Waals surface area contributed by atoms with Crippen LogP contribution in [-0.4, -0.2) is 33.8 Å². The summed E-state index contributed by atoms with van der Waals surface area (Å²) in [6.07, 6.45) is 3.25. The van der Waals surface area contributed by atoms with Gasteiger partial charge in [-0.25, -0.2) is 0 Å². The molecule has 1 amide bonds. The third-order valence-corrected chi connectivity index (χ3v) is 6.10. The second-order valence-corrected chi connectivity index (χ2v) is 8.09. The van der Waals surface area contributed by atoms with E-state index in [1.54, 1.807) is 49.8 Å². The number of benzene rings is 3. The van der Waals surface area contributed by atoms with E-state index >= 15 is 0 Å². The number of carbonyl (C=O) groups is 2. The van der Waals surface area contributed by atoms with Gasteiger partial charge >= 0.3 is 0 Å². The number of rotatable bonds is 5. The number of hydrogen-bond donors (Lipinski definition) is 1. The predicted octanol–water partition coefficient (Wildman–Crippen LogP) is 4.87. The molecule has 1 aliphatic heterocycles. The van der Waals surface area contributed by atoms with E-state index < -0.39 is 17.7 Å². The number of nitrogens with zero attached hydrogens (tertiary/aromatic N) is 2. The highest BCUT2D eigenvalue weighted by Gasteiger charge is 2.46. The third-order valence-electron chi connectivity index (χ3n) is 6.10. The molecule has 1 aromatic heterocycles. The van der Waals surface area contributed by atoms with E-state index in [4.69, 9.17) is 4.74 Å². The number of likely N-dealkylation sites (tertiary alicyclic amines) is 1. The first kappa shape index (κ1) is 21.4. The first-order valence-electron chi connectivity index (χ1n) is 10.9. The molecule has 0 spiro atoms. The third kappa shape index (κ3) is 3.69. The van der Waals surface area contributed by atoms with Gasteiger partial charge in [0.15, 0.2) is 0 Å². The molecule has 1 saturated heterocycles. The van der Waals surface area contributed by atoms with Gasteiger partial charge in [-0.3, -0.25) is 14.6 Å². The van der Waals surface area contributed by atoms with Crippen LogP contribution in [0.3, 0.4) is 0 Å². The number of methoxy groups -OCH3 is 1.